The number of alkyl halides is 3. The molecule has 36 heavy (non-hydrogen) atoms. The molecule has 1 atom stereocenters. The highest BCUT2D eigenvalue weighted by atomic mass is 32.2. The molecule has 0 aliphatic rings. The number of halogens is 5. The van der Waals surface area contributed by atoms with Crippen molar-refractivity contribution in [2.24, 2.45) is 0 Å². The summed E-state index contributed by atoms with van der Waals surface area (Å²) >= 11 is 0.751. The van der Waals surface area contributed by atoms with E-state index >= 15 is 0 Å². The predicted molar refractivity (Wildman–Crippen MR) is 122 cm³/mol. The molecule has 1 aromatic heterocycles. The molecule has 0 bridgehead atoms. The molecule has 3 aromatic carbocycles. The van der Waals surface area contributed by atoms with Gasteiger partial charge in [0.05, 0.1) is 34.6 Å². The SMILES string of the molecule is C[C@@H](NC(=O)c1ccc(C(F)(F)F)cc1NS(=O)(=O)c1cccc2nsnc12)c1ccc(F)cc1F. The number of nitrogens with zero attached hydrogens (tertiary/aromatic N) is 2. The van der Waals surface area contributed by atoms with Gasteiger partial charge in [-0.1, -0.05) is 12.1 Å². The number of sulfonamides is 1. The average Bonchev–Trinajstić information content (AvgIpc) is 3.26. The second kappa shape index (κ2) is 9.43. The Hall–Kier alpha value is -3.65. The fraction of sp³-hybridized carbons (Fsp3) is 0.136. The fourth-order valence-electron chi connectivity index (χ4n) is 3.41. The molecule has 0 saturated heterocycles. The summed E-state index contributed by atoms with van der Waals surface area (Å²) in [4.78, 5) is 12.6. The van der Waals surface area contributed by atoms with E-state index in [-0.39, 0.29) is 21.5 Å². The van der Waals surface area contributed by atoms with Gasteiger partial charge >= 0.3 is 6.18 Å². The Morgan fingerprint density at radius 2 is 1.78 bits per heavy atom. The summed E-state index contributed by atoms with van der Waals surface area (Å²) in [6.07, 6.45) is -4.83. The van der Waals surface area contributed by atoms with Gasteiger partial charge in [-0.3, -0.25) is 9.52 Å². The van der Waals surface area contributed by atoms with E-state index < -0.39 is 56.6 Å². The van der Waals surface area contributed by atoms with Crippen molar-refractivity contribution in [3.8, 4) is 0 Å². The van der Waals surface area contributed by atoms with Crippen molar-refractivity contribution in [3.63, 3.8) is 0 Å². The predicted octanol–water partition coefficient (Wildman–Crippen LogP) is 5.28. The third-order valence-electron chi connectivity index (χ3n) is 5.15. The molecule has 4 rings (SSSR count). The first kappa shape index (κ1) is 25.4. The Morgan fingerprint density at radius 3 is 2.47 bits per heavy atom. The maximum atomic E-state index is 14.1. The van der Waals surface area contributed by atoms with E-state index in [2.05, 4.69) is 14.1 Å². The third-order valence-corrected chi connectivity index (χ3v) is 7.09. The Morgan fingerprint density at radius 1 is 1.03 bits per heavy atom. The number of rotatable bonds is 6. The number of fused-ring (bicyclic) bond motifs is 1. The van der Waals surface area contributed by atoms with Crippen LogP contribution < -0.4 is 10.0 Å². The highest BCUT2D eigenvalue weighted by molar-refractivity contribution is 7.93. The van der Waals surface area contributed by atoms with Crippen molar-refractivity contribution in [2.45, 2.75) is 24.0 Å². The first-order chi connectivity index (χ1) is 16.9. The minimum absolute atomic E-state index is 0.00776. The summed E-state index contributed by atoms with van der Waals surface area (Å²) in [5.74, 6) is -2.77. The number of benzene rings is 3. The van der Waals surface area contributed by atoms with E-state index in [0.29, 0.717) is 18.2 Å². The van der Waals surface area contributed by atoms with Crippen molar-refractivity contribution >= 4 is 44.4 Å². The number of aromatic nitrogens is 2. The van der Waals surface area contributed by atoms with Crippen LogP contribution in [0.25, 0.3) is 11.0 Å². The van der Waals surface area contributed by atoms with Crippen LogP contribution in [0.5, 0.6) is 0 Å². The molecular weight excluding hydrogens is 527 g/mol. The maximum absolute atomic E-state index is 14.1. The van der Waals surface area contributed by atoms with E-state index in [1.54, 1.807) is 0 Å². The monoisotopic (exact) mass is 542 g/mol. The molecule has 2 N–H and O–H groups in total. The molecule has 0 saturated carbocycles. The standard InChI is InChI=1S/C22H15F5N4O3S2/c1-11(14-8-6-13(23)10-16(14)24)28-21(32)15-7-5-12(22(25,26)27)9-18(15)31-36(33,34)19-4-2-3-17-20(19)30-35-29-17/h2-11,31H,1H3,(H,28,32)/t11-/m1/s1. The number of nitrogens with one attached hydrogen (secondary N) is 2. The van der Waals surface area contributed by atoms with Gasteiger partial charge in [-0.25, -0.2) is 17.2 Å². The molecule has 188 valence electrons. The molecule has 1 heterocycles. The highest BCUT2D eigenvalue weighted by Crippen LogP contribution is 2.34. The van der Waals surface area contributed by atoms with Crippen molar-refractivity contribution in [3.05, 3.63) is 82.9 Å². The molecule has 1 amide bonds. The highest BCUT2D eigenvalue weighted by Gasteiger charge is 2.33. The van der Waals surface area contributed by atoms with Crippen LogP contribution in [-0.4, -0.2) is 23.1 Å². The summed E-state index contributed by atoms with van der Waals surface area (Å²) in [5.41, 5.74) is -2.13. The molecule has 0 fully saturated rings. The number of hydrogen-bond acceptors (Lipinski definition) is 6. The Bertz CT molecular complexity index is 1570. The lowest BCUT2D eigenvalue weighted by Crippen LogP contribution is -2.29. The lowest BCUT2D eigenvalue weighted by Gasteiger charge is -2.18. The zero-order valence-corrected chi connectivity index (χ0v) is 19.7. The van der Waals surface area contributed by atoms with Gasteiger partial charge in [-0.05, 0) is 43.3 Å². The van der Waals surface area contributed by atoms with E-state index in [9.17, 15) is 35.2 Å². The molecule has 0 radical (unpaired) electrons. The van der Waals surface area contributed by atoms with E-state index in [0.717, 1.165) is 29.9 Å². The maximum Gasteiger partial charge on any atom is 0.416 e. The summed E-state index contributed by atoms with van der Waals surface area (Å²) in [5, 5.41) is 2.38. The second-order valence-corrected chi connectivity index (χ2v) is 9.79. The number of carbonyl (C=O) groups is 1. The van der Waals surface area contributed by atoms with Crippen LogP contribution in [0.4, 0.5) is 27.6 Å². The van der Waals surface area contributed by atoms with Crippen LogP contribution >= 0.6 is 11.7 Å². The van der Waals surface area contributed by atoms with Gasteiger partial charge < -0.3 is 5.32 Å². The fourth-order valence-corrected chi connectivity index (χ4v) is 5.24. The number of hydrogen-bond donors (Lipinski definition) is 2. The Labute approximate surface area is 205 Å². The first-order valence-corrected chi connectivity index (χ1v) is 12.3. The number of carbonyl (C=O) groups excluding carboxylic acids is 1. The lowest BCUT2D eigenvalue weighted by atomic mass is 10.1. The summed E-state index contributed by atoms with van der Waals surface area (Å²) in [7, 11) is -4.52. The summed E-state index contributed by atoms with van der Waals surface area (Å²) in [6, 6.07) is 7.65. The molecule has 0 aliphatic heterocycles. The van der Waals surface area contributed by atoms with E-state index in [1.807, 2.05) is 4.72 Å². The minimum Gasteiger partial charge on any atom is -0.345 e. The Balaban J connectivity index is 1.72. The lowest BCUT2D eigenvalue weighted by molar-refractivity contribution is -0.137. The zero-order valence-electron chi connectivity index (χ0n) is 18.1. The summed E-state index contributed by atoms with van der Waals surface area (Å²) < 4.78 is 103. The quantitative estimate of drug-likeness (QED) is 0.323. The second-order valence-electron chi connectivity index (χ2n) is 7.61. The minimum atomic E-state index is -4.83. The van der Waals surface area contributed by atoms with E-state index in [4.69, 9.17) is 0 Å². The zero-order chi connectivity index (χ0) is 26.3. The van der Waals surface area contributed by atoms with Crippen LogP contribution in [0.2, 0.25) is 0 Å². The molecule has 0 unspecified atom stereocenters. The summed E-state index contributed by atoms with van der Waals surface area (Å²) in [6.45, 7) is 1.37. The Kier molecular flexibility index (Phi) is 6.66. The van der Waals surface area contributed by atoms with E-state index in [1.165, 1.54) is 25.1 Å². The molecule has 0 aliphatic carbocycles. The van der Waals surface area contributed by atoms with Gasteiger partial charge in [-0.2, -0.15) is 21.9 Å². The largest absolute Gasteiger partial charge is 0.416 e. The van der Waals surface area contributed by atoms with Gasteiger partial charge in [-0.15, -0.1) is 0 Å². The molecule has 14 heteroatoms. The van der Waals surface area contributed by atoms with Crippen molar-refractivity contribution in [1.82, 2.24) is 14.1 Å². The third kappa shape index (κ3) is 5.14. The van der Waals surface area contributed by atoms with Gasteiger partial charge in [0.2, 0.25) is 0 Å². The topological polar surface area (TPSA) is 101 Å². The molecular formula is C22H15F5N4O3S2. The average molecular weight is 543 g/mol. The molecule has 0 spiro atoms. The van der Waals surface area contributed by atoms with Gasteiger partial charge in [0, 0.05) is 11.6 Å². The van der Waals surface area contributed by atoms with Crippen LogP contribution in [-0.2, 0) is 16.2 Å². The van der Waals surface area contributed by atoms with Crippen LogP contribution in [0.15, 0.2) is 59.5 Å². The van der Waals surface area contributed by atoms with Crippen LogP contribution in [0.3, 0.4) is 0 Å². The number of amides is 1. The first-order valence-electron chi connectivity index (χ1n) is 10.1. The van der Waals surface area contributed by atoms with Crippen molar-refractivity contribution < 1.29 is 35.2 Å². The van der Waals surface area contributed by atoms with Crippen molar-refractivity contribution in [2.75, 3.05) is 4.72 Å². The smallest absolute Gasteiger partial charge is 0.345 e. The van der Waals surface area contributed by atoms with Crippen LogP contribution in [0.1, 0.15) is 34.5 Å². The van der Waals surface area contributed by atoms with Crippen molar-refractivity contribution in [1.29, 1.82) is 0 Å². The molecule has 7 nitrogen and oxygen atoms in total. The van der Waals surface area contributed by atoms with Crippen LogP contribution in [0, 0.1) is 11.6 Å². The van der Waals surface area contributed by atoms with Gasteiger partial charge in [0.15, 0.2) is 0 Å². The van der Waals surface area contributed by atoms with Gasteiger partial charge in [0.1, 0.15) is 27.6 Å². The number of anilines is 1. The normalized spacial score (nSPS) is 12.9. The molecule has 4 aromatic rings. The van der Waals surface area contributed by atoms with Gasteiger partial charge in [0.25, 0.3) is 15.9 Å².